The lowest BCUT2D eigenvalue weighted by molar-refractivity contribution is 0.394. The van der Waals surface area contributed by atoms with Crippen molar-refractivity contribution in [2.24, 2.45) is 0 Å². The van der Waals surface area contributed by atoms with E-state index >= 15 is 0 Å². The molecular weight excluding hydrogens is 308 g/mol. The summed E-state index contributed by atoms with van der Waals surface area (Å²) in [5.41, 5.74) is 5.26. The fourth-order valence-corrected chi connectivity index (χ4v) is 2.29. The Morgan fingerprint density at radius 2 is 1.64 bits per heavy atom. The molecule has 25 heavy (non-hydrogen) atoms. The molecule has 0 bridgehead atoms. The minimum absolute atomic E-state index is 0.616. The SMILES string of the molecule is C=C.CCC.CCC.COc1nc2c3c(ccc2nc1C)CCC=C3. The highest BCUT2D eigenvalue weighted by Crippen LogP contribution is 2.28. The topological polar surface area (TPSA) is 35.0 Å². The third-order valence-electron chi connectivity index (χ3n) is 3.16. The number of aryl methyl sites for hydroxylation is 2. The summed E-state index contributed by atoms with van der Waals surface area (Å²) in [5.74, 6) is 0.616. The summed E-state index contributed by atoms with van der Waals surface area (Å²) >= 11 is 0. The standard InChI is InChI=1S/C14H14N2O.2C3H8.C2H4/c1-9-14(17-2)16-13-11-6-4-3-5-10(11)7-8-12(13)15-9;2*1-3-2;1-2/h4,6-8H,3,5H2,1-2H3;2*3H2,1-2H3;1-2H2. The van der Waals surface area contributed by atoms with Gasteiger partial charge >= 0.3 is 0 Å². The second-order valence-electron chi connectivity index (χ2n) is 5.68. The predicted molar refractivity (Wildman–Crippen MR) is 111 cm³/mol. The fourth-order valence-electron chi connectivity index (χ4n) is 2.29. The molecule has 1 heterocycles. The zero-order valence-electron chi connectivity index (χ0n) is 16.9. The van der Waals surface area contributed by atoms with Crippen LogP contribution in [-0.2, 0) is 6.42 Å². The Bertz CT molecular complexity index is 661. The van der Waals surface area contributed by atoms with Gasteiger partial charge in [-0.2, -0.15) is 0 Å². The average molecular weight is 343 g/mol. The molecule has 3 rings (SSSR count). The number of methoxy groups -OCH3 is 1. The van der Waals surface area contributed by atoms with E-state index in [1.54, 1.807) is 7.11 Å². The number of aromatic nitrogens is 2. The third kappa shape index (κ3) is 6.69. The summed E-state index contributed by atoms with van der Waals surface area (Å²) in [4.78, 5) is 9.10. The minimum atomic E-state index is 0.616. The molecule has 0 atom stereocenters. The lowest BCUT2D eigenvalue weighted by atomic mass is 9.96. The summed E-state index contributed by atoms with van der Waals surface area (Å²) in [5, 5.41) is 0. The van der Waals surface area contributed by atoms with Gasteiger partial charge in [0.1, 0.15) is 11.2 Å². The van der Waals surface area contributed by atoms with E-state index in [1.807, 2.05) is 13.0 Å². The van der Waals surface area contributed by atoms with Crippen molar-refractivity contribution < 1.29 is 4.74 Å². The number of fused-ring (bicyclic) bond motifs is 3. The van der Waals surface area contributed by atoms with Crippen molar-refractivity contribution >= 4 is 17.1 Å². The van der Waals surface area contributed by atoms with E-state index in [0.29, 0.717) is 5.88 Å². The van der Waals surface area contributed by atoms with Gasteiger partial charge in [0, 0.05) is 5.56 Å². The Labute approximate surface area is 153 Å². The van der Waals surface area contributed by atoms with Crippen molar-refractivity contribution in [1.29, 1.82) is 0 Å². The first kappa shape index (κ1) is 22.8. The van der Waals surface area contributed by atoms with Crippen LogP contribution in [0.15, 0.2) is 31.4 Å². The number of rotatable bonds is 1. The van der Waals surface area contributed by atoms with Gasteiger partial charge in [0.15, 0.2) is 0 Å². The Balaban J connectivity index is 0.000000624. The van der Waals surface area contributed by atoms with E-state index in [9.17, 15) is 0 Å². The van der Waals surface area contributed by atoms with Gasteiger partial charge in [-0.25, -0.2) is 9.97 Å². The molecule has 1 aliphatic rings. The van der Waals surface area contributed by atoms with Crippen LogP contribution in [0, 0.1) is 6.92 Å². The van der Waals surface area contributed by atoms with Gasteiger partial charge in [-0.3, -0.25) is 0 Å². The summed E-state index contributed by atoms with van der Waals surface area (Å²) in [6, 6.07) is 4.20. The second-order valence-corrected chi connectivity index (χ2v) is 5.68. The van der Waals surface area contributed by atoms with Crippen LogP contribution in [0.4, 0.5) is 0 Å². The molecule has 0 radical (unpaired) electrons. The Hall–Kier alpha value is -2.16. The highest BCUT2D eigenvalue weighted by Gasteiger charge is 2.12. The van der Waals surface area contributed by atoms with E-state index in [-0.39, 0.29) is 0 Å². The lowest BCUT2D eigenvalue weighted by Gasteiger charge is -2.13. The van der Waals surface area contributed by atoms with Crippen molar-refractivity contribution in [3.63, 3.8) is 0 Å². The molecule has 0 fully saturated rings. The van der Waals surface area contributed by atoms with Crippen LogP contribution in [0.1, 0.15) is 63.8 Å². The maximum absolute atomic E-state index is 5.25. The Morgan fingerprint density at radius 1 is 1.04 bits per heavy atom. The molecule has 2 aromatic rings. The molecular formula is C22H34N2O. The number of allylic oxidation sites excluding steroid dienone is 1. The average Bonchev–Trinajstić information content (AvgIpc) is 2.64. The van der Waals surface area contributed by atoms with Gasteiger partial charge in [-0.1, -0.05) is 58.8 Å². The first-order valence-electron chi connectivity index (χ1n) is 9.13. The van der Waals surface area contributed by atoms with E-state index in [4.69, 9.17) is 4.74 Å². The Morgan fingerprint density at radius 3 is 2.20 bits per heavy atom. The fraction of sp³-hybridized carbons (Fsp3) is 0.455. The van der Waals surface area contributed by atoms with Crippen LogP contribution in [0.2, 0.25) is 0 Å². The van der Waals surface area contributed by atoms with Gasteiger partial charge in [-0.15, -0.1) is 13.2 Å². The summed E-state index contributed by atoms with van der Waals surface area (Å²) < 4.78 is 5.25. The molecule has 0 saturated heterocycles. The van der Waals surface area contributed by atoms with Crippen molar-refractivity contribution in [3.8, 4) is 5.88 Å². The summed E-state index contributed by atoms with van der Waals surface area (Å²) in [6.07, 6.45) is 9.02. The summed E-state index contributed by atoms with van der Waals surface area (Å²) in [6.45, 7) is 16.4. The zero-order valence-corrected chi connectivity index (χ0v) is 16.9. The van der Waals surface area contributed by atoms with E-state index in [0.717, 1.165) is 29.6 Å². The molecule has 0 aliphatic heterocycles. The van der Waals surface area contributed by atoms with Gasteiger partial charge in [0.2, 0.25) is 5.88 Å². The van der Waals surface area contributed by atoms with Crippen molar-refractivity contribution in [1.82, 2.24) is 9.97 Å². The quantitative estimate of drug-likeness (QED) is 0.552. The summed E-state index contributed by atoms with van der Waals surface area (Å²) in [7, 11) is 1.63. The molecule has 3 heteroatoms. The maximum Gasteiger partial charge on any atom is 0.235 e. The number of hydrogen-bond acceptors (Lipinski definition) is 3. The van der Waals surface area contributed by atoms with Crippen molar-refractivity contribution in [2.75, 3.05) is 7.11 Å². The van der Waals surface area contributed by atoms with E-state index in [1.165, 1.54) is 24.0 Å². The molecule has 1 aliphatic carbocycles. The van der Waals surface area contributed by atoms with Crippen LogP contribution < -0.4 is 4.74 Å². The van der Waals surface area contributed by atoms with Crippen molar-refractivity contribution in [3.05, 3.63) is 48.2 Å². The highest BCUT2D eigenvalue weighted by molar-refractivity contribution is 5.87. The minimum Gasteiger partial charge on any atom is -0.480 e. The number of hydrogen-bond donors (Lipinski definition) is 0. The van der Waals surface area contributed by atoms with Gasteiger partial charge in [-0.05, 0) is 31.4 Å². The molecule has 0 unspecified atom stereocenters. The Kier molecular flexibility index (Phi) is 12.0. The second kappa shape index (κ2) is 13.2. The molecule has 138 valence electrons. The smallest absolute Gasteiger partial charge is 0.235 e. The molecule has 1 aromatic carbocycles. The molecule has 1 aromatic heterocycles. The lowest BCUT2D eigenvalue weighted by Crippen LogP contribution is -2.01. The maximum atomic E-state index is 5.25. The number of nitrogens with zero attached hydrogens (tertiary/aromatic N) is 2. The molecule has 0 N–H and O–H groups in total. The zero-order chi connectivity index (χ0) is 19.2. The van der Waals surface area contributed by atoms with E-state index in [2.05, 4.69) is 69.0 Å². The molecule has 0 amide bonds. The van der Waals surface area contributed by atoms with E-state index < -0.39 is 0 Å². The van der Waals surface area contributed by atoms with Gasteiger partial charge in [0.25, 0.3) is 0 Å². The first-order valence-corrected chi connectivity index (χ1v) is 9.13. The third-order valence-corrected chi connectivity index (χ3v) is 3.16. The number of ether oxygens (including phenoxy) is 1. The molecule has 0 spiro atoms. The highest BCUT2D eigenvalue weighted by atomic mass is 16.5. The van der Waals surface area contributed by atoms with Crippen LogP contribution in [-0.4, -0.2) is 17.1 Å². The van der Waals surface area contributed by atoms with Crippen LogP contribution >= 0.6 is 0 Å². The monoisotopic (exact) mass is 342 g/mol. The normalized spacial score (nSPS) is 11.0. The van der Waals surface area contributed by atoms with Crippen LogP contribution in [0.3, 0.4) is 0 Å². The largest absolute Gasteiger partial charge is 0.480 e. The van der Waals surface area contributed by atoms with Crippen LogP contribution in [0.25, 0.3) is 17.1 Å². The van der Waals surface area contributed by atoms with Crippen molar-refractivity contribution in [2.45, 2.75) is 60.3 Å². The molecule has 0 saturated carbocycles. The first-order chi connectivity index (χ1) is 12.1. The van der Waals surface area contributed by atoms with Gasteiger partial charge in [0.05, 0.1) is 12.6 Å². The predicted octanol–water partition coefficient (Wildman–Crippen LogP) is 6.54. The number of benzene rings is 1. The molecule has 3 nitrogen and oxygen atoms in total. The van der Waals surface area contributed by atoms with Crippen LogP contribution in [0.5, 0.6) is 5.88 Å². The van der Waals surface area contributed by atoms with Gasteiger partial charge < -0.3 is 4.74 Å².